The number of ether oxygens (including phenoxy) is 2. The zero-order valence-electron chi connectivity index (χ0n) is 16.9. The maximum atomic E-state index is 10.4. The lowest BCUT2D eigenvalue weighted by molar-refractivity contribution is 0.181. The molecule has 7 heteroatoms. The van der Waals surface area contributed by atoms with Gasteiger partial charge in [0.1, 0.15) is 0 Å². The van der Waals surface area contributed by atoms with E-state index in [1.807, 2.05) is 56.3 Å². The van der Waals surface area contributed by atoms with Crippen LogP contribution in [0.25, 0.3) is 0 Å². The first-order valence-corrected chi connectivity index (χ1v) is 9.05. The highest BCUT2D eigenvalue weighted by Gasteiger charge is 2.09. The molecule has 2 aromatic carbocycles. The van der Waals surface area contributed by atoms with Crippen LogP contribution >= 0.6 is 24.0 Å². The Labute approximate surface area is 184 Å². The number of aliphatic hydroxyl groups excluding tert-OH is 1. The third-order valence-electron chi connectivity index (χ3n) is 4.14. The van der Waals surface area contributed by atoms with Crippen molar-refractivity contribution < 1.29 is 14.6 Å². The molecule has 0 amide bonds. The molecule has 0 aliphatic carbocycles. The number of methoxy groups -OCH3 is 2. The molecule has 2 aromatic rings. The van der Waals surface area contributed by atoms with E-state index in [2.05, 4.69) is 15.6 Å². The SMILES string of the molecule is CCNC(=NCc1ccc(OC)c(OC)c1)NCC(O)c1ccc(C)cc1.I. The van der Waals surface area contributed by atoms with Gasteiger partial charge in [0, 0.05) is 13.1 Å². The first-order valence-electron chi connectivity index (χ1n) is 9.05. The molecular weight excluding hydrogens is 469 g/mol. The number of nitrogens with zero attached hydrogens (tertiary/aromatic N) is 1. The topological polar surface area (TPSA) is 75.1 Å². The molecule has 0 saturated carbocycles. The van der Waals surface area contributed by atoms with Crippen molar-refractivity contribution in [1.82, 2.24) is 10.6 Å². The summed E-state index contributed by atoms with van der Waals surface area (Å²) in [6.07, 6.45) is -0.601. The van der Waals surface area contributed by atoms with Crippen LogP contribution in [0.1, 0.15) is 29.7 Å². The Morgan fingerprint density at radius 2 is 1.71 bits per heavy atom. The van der Waals surface area contributed by atoms with Gasteiger partial charge in [-0.25, -0.2) is 4.99 Å². The quantitative estimate of drug-likeness (QED) is 0.295. The predicted molar refractivity (Wildman–Crippen MR) is 124 cm³/mol. The number of rotatable bonds is 8. The van der Waals surface area contributed by atoms with Crippen LogP contribution in [-0.4, -0.2) is 38.4 Å². The van der Waals surface area contributed by atoms with E-state index in [1.54, 1.807) is 14.2 Å². The van der Waals surface area contributed by atoms with Gasteiger partial charge in [0.2, 0.25) is 0 Å². The van der Waals surface area contributed by atoms with Crippen molar-refractivity contribution >= 4 is 29.9 Å². The van der Waals surface area contributed by atoms with E-state index in [0.29, 0.717) is 30.5 Å². The second kappa shape index (κ2) is 12.5. The summed E-state index contributed by atoms with van der Waals surface area (Å²) in [5.41, 5.74) is 3.05. The highest BCUT2D eigenvalue weighted by molar-refractivity contribution is 14.0. The number of guanidine groups is 1. The Morgan fingerprint density at radius 3 is 2.32 bits per heavy atom. The summed E-state index contributed by atoms with van der Waals surface area (Å²) in [5, 5.41) is 16.7. The summed E-state index contributed by atoms with van der Waals surface area (Å²) in [5.74, 6) is 2.02. The van der Waals surface area contributed by atoms with Crippen molar-refractivity contribution in [2.45, 2.75) is 26.5 Å². The Balaban J connectivity index is 0.00000392. The van der Waals surface area contributed by atoms with Crippen molar-refractivity contribution in [3.8, 4) is 11.5 Å². The Kier molecular flexibility index (Phi) is 10.7. The van der Waals surface area contributed by atoms with Crippen LogP contribution in [0.3, 0.4) is 0 Å². The van der Waals surface area contributed by atoms with E-state index >= 15 is 0 Å². The molecule has 3 N–H and O–H groups in total. The van der Waals surface area contributed by atoms with Crippen molar-refractivity contribution in [3.63, 3.8) is 0 Å². The zero-order chi connectivity index (χ0) is 19.6. The third-order valence-corrected chi connectivity index (χ3v) is 4.14. The van der Waals surface area contributed by atoms with E-state index in [9.17, 15) is 5.11 Å². The summed E-state index contributed by atoms with van der Waals surface area (Å²) in [6, 6.07) is 13.6. The highest BCUT2D eigenvalue weighted by atomic mass is 127. The van der Waals surface area contributed by atoms with E-state index in [-0.39, 0.29) is 24.0 Å². The molecule has 154 valence electrons. The summed E-state index contributed by atoms with van der Waals surface area (Å²) < 4.78 is 10.6. The molecule has 0 aromatic heterocycles. The number of nitrogens with one attached hydrogen (secondary N) is 2. The molecule has 0 heterocycles. The standard InChI is InChI=1S/C21H29N3O3.HI/c1-5-22-21(24-14-18(25)17-9-6-15(2)7-10-17)23-13-16-8-11-19(26-3)20(12-16)27-4;/h6-12,18,25H,5,13-14H2,1-4H3,(H2,22,23,24);1H. The third kappa shape index (κ3) is 7.20. The first kappa shape index (κ1) is 24.0. The van der Waals surface area contributed by atoms with Crippen LogP contribution in [0.5, 0.6) is 11.5 Å². The predicted octanol–water partition coefficient (Wildman–Crippen LogP) is 3.42. The van der Waals surface area contributed by atoms with Crippen LogP contribution in [0, 0.1) is 6.92 Å². The lowest BCUT2D eigenvalue weighted by Crippen LogP contribution is -2.39. The fraction of sp³-hybridized carbons (Fsp3) is 0.381. The van der Waals surface area contributed by atoms with Crippen LogP contribution < -0.4 is 20.1 Å². The van der Waals surface area contributed by atoms with Gasteiger partial charge in [-0.2, -0.15) is 0 Å². The van der Waals surface area contributed by atoms with E-state index in [0.717, 1.165) is 17.7 Å². The van der Waals surface area contributed by atoms with Crippen molar-refractivity contribution in [1.29, 1.82) is 0 Å². The number of aliphatic imine (C=N–C) groups is 1. The number of aliphatic hydroxyl groups is 1. The van der Waals surface area contributed by atoms with Crippen LogP contribution in [-0.2, 0) is 6.54 Å². The Hall–Kier alpha value is -2.00. The van der Waals surface area contributed by atoms with Gasteiger partial charge in [-0.05, 0) is 37.1 Å². The normalized spacial score (nSPS) is 12.0. The Bertz CT molecular complexity index is 751. The number of hydrogen-bond donors (Lipinski definition) is 3. The molecule has 0 aliphatic heterocycles. The molecule has 1 unspecified atom stereocenters. The molecule has 0 spiro atoms. The second-order valence-electron chi connectivity index (χ2n) is 6.19. The van der Waals surface area contributed by atoms with Crippen molar-refractivity contribution in [2.24, 2.45) is 4.99 Å². The van der Waals surface area contributed by atoms with Crippen LogP contribution in [0.15, 0.2) is 47.5 Å². The van der Waals surface area contributed by atoms with Gasteiger partial charge in [0.25, 0.3) is 0 Å². The molecule has 0 radical (unpaired) electrons. The molecule has 2 rings (SSSR count). The monoisotopic (exact) mass is 499 g/mol. The minimum atomic E-state index is -0.601. The average Bonchev–Trinajstić information content (AvgIpc) is 2.70. The van der Waals surface area contributed by atoms with Gasteiger partial charge in [-0.15, -0.1) is 24.0 Å². The van der Waals surface area contributed by atoms with Gasteiger partial charge in [-0.3, -0.25) is 0 Å². The Morgan fingerprint density at radius 1 is 1.04 bits per heavy atom. The summed E-state index contributed by atoms with van der Waals surface area (Å²) in [7, 11) is 3.23. The molecule has 28 heavy (non-hydrogen) atoms. The van der Waals surface area contributed by atoms with Crippen LogP contribution in [0.2, 0.25) is 0 Å². The molecule has 0 saturated heterocycles. The molecule has 0 aliphatic rings. The molecule has 0 bridgehead atoms. The lowest BCUT2D eigenvalue weighted by Gasteiger charge is -2.16. The van der Waals surface area contributed by atoms with E-state index < -0.39 is 6.10 Å². The maximum absolute atomic E-state index is 10.4. The number of aryl methyl sites for hydroxylation is 1. The van der Waals surface area contributed by atoms with Gasteiger partial charge in [-0.1, -0.05) is 35.9 Å². The van der Waals surface area contributed by atoms with Gasteiger partial charge < -0.3 is 25.2 Å². The molecule has 1 atom stereocenters. The minimum absolute atomic E-state index is 0. The first-order chi connectivity index (χ1) is 13.1. The largest absolute Gasteiger partial charge is 0.493 e. The minimum Gasteiger partial charge on any atom is -0.493 e. The lowest BCUT2D eigenvalue weighted by atomic mass is 10.1. The summed E-state index contributed by atoms with van der Waals surface area (Å²) >= 11 is 0. The van der Waals surface area contributed by atoms with Gasteiger partial charge >= 0.3 is 0 Å². The average molecular weight is 499 g/mol. The second-order valence-corrected chi connectivity index (χ2v) is 6.19. The fourth-order valence-corrected chi connectivity index (χ4v) is 2.59. The molecular formula is C21H30IN3O3. The number of benzene rings is 2. The number of hydrogen-bond acceptors (Lipinski definition) is 4. The van der Waals surface area contributed by atoms with Gasteiger partial charge in [0.15, 0.2) is 17.5 Å². The zero-order valence-corrected chi connectivity index (χ0v) is 19.2. The van der Waals surface area contributed by atoms with Crippen molar-refractivity contribution in [3.05, 3.63) is 59.2 Å². The van der Waals surface area contributed by atoms with E-state index in [1.165, 1.54) is 5.56 Å². The van der Waals surface area contributed by atoms with E-state index in [4.69, 9.17) is 9.47 Å². The van der Waals surface area contributed by atoms with Gasteiger partial charge in [0.05, 0.1) is 26.9 Å². The fourth-order valence-electron chi connectivity index (χ4n) is 2.59. The molecule has 0 fully saturated rings. The summed E-state index contributed by atoms with van der Waals surface area (Å²) in [4.78, 5) is 4.58. The molecule has 6 nitrogen and oxygen atoms in total. The smallest absolute Gasteiger partial charge is 0.191 e. The number of halogens is 1. The maximum Gasteiger partial charge on any atom is 0.191 e. The van der Waals surface area contributed by atoms with Crippen molar-refractivity contribution in [2.75, 3.05) is 27.3 Å². The highest BCUT2D eigenvalue weighted by Crippen LogP contribution is 2.27. The summed E-state index contributed by atoms with van der Waals surface area (Å²) in [6.45, 7) is 5.62. The van der Waals surface area contributed by atoms with Crippen LogP contribution in [0.4, 0.5) is 0 Å².